The number of nitrogens with zero attached hydrogens (tertiary/aromatic N) is 2. The fraction of sp³-hybridized carbons (Fsp3) is 0.591. The molecule has 2 aromatic rings. The summed E-state index contributed by atoms with van der Waals surface area (Å²) in [5.41, 5.74) is 2.29. The van der Waals surface area contributed by atoms with E-state index in [0.717, 1.165) is 50.3 Å². The molecule has 28 heavy (non-hydrogen) atoms. The lowest BCUT2D eigenvalue weighted by atomic mass is 9.78. The Labute approximate surface area is 165 Å². The van der Waals surface area contributed by atoms with Crippen molar-refractivity contribution in [3.05, 3.63) is 47.5 Å². The van der Waals surface area contributed by atoms with Crippen LogP contribution in [0.25, 0.3) is 0 Å². The van der Waals surface area contributed by atoms with Crippen molar-refractivity contribution in [3.63, 3.8) is 0 Å². The molecule has 0 amide bonds. The van der Waals surface area contributed by atoms with Gasteiger partial charge in [0.25, 0.3) is 0 Å². The molecular formula is C22H30FN3O2. The van der Waals surface area contributed by atoms with Crippen molar-refractivity contribution in [1.82, 2.24) is 15.1 Å². The monoisotopic (exact) mass is 387 g/mol. The molecule has 2 fully saturated rings. The van der Waals surface area contributed by atoms with Crippen LogP contribution in [0.4, 0.5) is 4.39 Å². The molecule has 2 N–H and O–H groups in total. The smallest absolute Gasteiger partial charge is 0.125 e. The fourth-order valence-electron chi connectivity index (χ4n) is 4.69. The van der Waals surface area contributed by atoms with Gasteiger partial charge in [-0.15, -0.1) is 0 Å². The number of aromatic amines is 1. The van der Waals surface area contributed by atoms with Gasteiger partial charge < -0.3 is 9.84 Å². The van der Waals surface area contributed by atoms with Crippen molar-refractivity contribution in [2.24, 2.45) is 17.8 Å². The van der Waals surface area contributed by atoms with Crippen molar-refractivity contribution >= 4 is 0 Å². The van der Waals surface area contributed by atoms with Gasteiger partial charge in [-0.2, -0.15) is 5.10 Å². The molecule has 0 bridgehead atoms. The zero-order valence-electron chi connectivity index (χ0n) is 16.6. The summed E-state index contributed by atoms with van der Waals surface area (Å²) in [4.78, 5) is 2.45. The van der Waals surface area contributed by atoms with Crippen LogP contribution in [0.15, 0.2) is 30.3 Å². The highest BCUT2D eigenvalue weighted by molar-refractivity contribution is 5.22. The number of aromatic nitrogens is 2. The van der Waals surface area contributed by atoms with Crippen LogP contribution in [0.1, 0.15) is 38.1 Å². The topological polar surface area (TPSA) is 61.4 Å². The minimum atomic E-state index is -0.476. The molecule has 1 saturated heterocycles. The highest BCUT2D eigenvalue weighted by atomic mass is 19.1. The number of rotatable bonds is 6. The molecule has 4 rings (SSSR count). The Hall–Kier alpha value is -1.92. The Morgan fingerprint density at radius 1 is 1.21 bits per heavy atom. The number of halogens is 1. The highest BCUT2D eigenvalue weighted by Crippen LogP contribution is 2.38. The largest absolute Gasteiger partial charge is 0.488 e. The first-order chi connectivity index (χ1) is 13.5. The van der Waals surface area contributed by atoms with E-state index in [1.165, 1.54) is 12.1 Å². The lowest BCUT2D eigenvalue weighted by Crippen LogP contribution is -2.42. The number of hydrogen-bond donors (Lipinski definition) is 2. The summed E-state index contributed by atoms with van der Waals surface area (Å²) < 4.78 is 19.1. The summed E-state index contributed by atoms with van der Waals surface area (Å²) in [6.07, 6.45) is 1.89. The maximum Gasteiger partial charge on any atom is 0.125 e. The van der Waals surface area contributed by atoms with Gasteiger partial charge in [-0.1, -0.05) is 13.8 Å². The van der Waals surface area contributed by atoms with Gasteiger partial charge in [0, 0.05) is 25.3 Å². The minimum absolute atomic E-state index is 0.225. The van der Waals surface area contributed by atoms with Gasteiger partial charge in [-0.25, -0.2) is 4.39 Å². The van der Waals surface area contributed by atoms with Crippen molar-refractivity contribution in [2.75, 3.05) is 13.1 Å². The third kappa shape index (κ3) is 4.55. The number of hydrogen-bond acceptors (Lipinski definition) is 4. The third-order valence-electron chi connectivity index (χ3n) is 5.96. The predicted molar refractivity (Wildman–Crippen MR) is 105 cm³/mol. The Balaban J connectivity index is 1.33. The van der Waals surface area contributed by atoms with E-state index in [4.69, 9.17) is 4.74 Å². The van der Waals surface area contributed by atoms with Gasteiger partial charge in [0.15, 0.2) is 0 Å². The second-order valence-electron chi connectivity index (χ2n) is 8.85. The fourth-order valence-corrected chi connectivity index (χ4v) is 4.69. The van der Waals surface area contributed by atoms with E-state index in [-0.39, 0.29) is 11.9 Å². The quantitative estimate of drug-likeness (QED) is 0.798. The van der Waals surface area contributed by atoms with Crippen LogP contribution in [-0.4, -0.2) is 45.5 Å². The number of H-pyrrole nitrogens is 1. The van der Waals surface area contributed by atoms with Crippen LogP contribution in [-0.2, 0) is 13.0 Å². The second-order valence-corrected chi connectivity index (χ2v) is 8.85. The lowest BCUT2D eigenvalue weighted by Gasteiger charge is -2.35. The van der Waals surface area contributed by atoms with Gasteiger partial charge in [0.05, 0.1) is 11.8 Å². The van der Waals surface area contributed by atoms with Crippen molar-refractivity contribution in [3.8, 4) is 5.75 Å². The van der Waals surface area contributed by atoms with Crippen LogP contribution in [0.3, 0.4) is 0 Å². The van der Waals surface area contributed by atoms with Crippen molar-refractivity contribution < 1.29 is 14.2 Å². The van der Waals surface area contributed by atoms with E-state index in [1.807, 2.05) is 0 Å². The zero-order valence-corrected chi connectivity index (χ0v) is 16.6. The Kier molecular flexibility index (Phi) is 5.69. The van der Waals surface area contributed by atoms with Gasteiger partial charge >= 0.3 is 0 Å². The van der Waals surface area contributed by atoms with Gasteiger partial charge in [0.1, 0.15) is 17.7 Å². The normalized spacial score (nSPS) is 27.9. The average molecular weight is 387 g/mol. The molecule has 4 atom stereocenters. The standard InChI is InChI=1S/C22H30FN3O2/c1-14(2)7-18-10-19(25-24-18)13-26-11-15-8-21(27)22(9-16(15)12-26)28-20-5-3-17(23)4-6-20/h3-6,10,14-16,21-22,27H,7-9,11-13H2,1-2H3,(H,24,25)/t15-,16+,21+,22+/m0/s1. The first kappa shape index (κ1) is 19.4. The van der Waals surface area contributed by atoms with Gasteiger partial charge in [-0.05, 0) is 67.3 Å². The first-order valence-corrected chi connectivity index (χ1v) is 10.3. The first-order valence-electron chi connectivity index (χ1n) is 10.3. The summed E-state index contributed by atoms with van der Waals surface area (Å²) in [5.74, 6) is 1.96. The Morgan fingerprint density at radius 3 is 2.64 bits per heavy atom. The molecule has 1 aliphatic heterocycles. The maximum absolute atomic E-state index is 13.1. The number of likely N-dealkylation sites (tertiary alicyclic amines) is 1. The average Bonchev–Trinajstić information content (AvgIpc) is 3.23. The number of aliphatic hydroxyl groups excluding tert-OH is 1. The van der Waals surface area contributed by atoms with Crippen molar-refractivity contribution in [1.29, 1.82) is 0 Å². The van der Waals surface area contributed by atoms with Crippen LogP contribution in [0.5, 0.6) is 5.75 Å². The number of aliphatic hydroxyl groups is 1. The van der Waals surface area contributed by atoms with Gasteiger partial charge in [-0.3, -0.25) is 10.00 Å². The molecule has 0 spiro atoms. The number of ether oxygens (including phenoxy) is 1. The molecule has 2 aliphatic rings. The summed E-state index contributed by atoms with van der Waals surface area (Å²) in [7, 11) is 0. The number of nitrogens with one attached hydrogen (secondary N) is 1. The van der Waals surface area contributed by atoms with E-state index in [9.17, 15) is 9.50 Å². The maximum atomic E-state index is 13.1. The van der Waals surface area contributed by atoms with E-state index in [0.29, 0.717) is 23.5 Å². The third-order valence-corrected chi connectivity index (χ3v) is 5.96. The molecule has 5 nitrogen and oxygen atoms in total. The Morgan fingerprint density at radius 2 is 1.93 bits per heavy atom. The second kappa shape index (κ2) is 8.21. The van der Waals surface area contributed by atoms with E-state index in [2.05, 4.69) is 35.0 Å². The predicted octanol–water partition coefficient (Wildman–Crippen LogP) is 3.40. The summed E-state index contributed by atoms with van der Waals surface area (Å²) >= 11 is 0. The van der Waals surface area contributed by atoms with Gasteiger partial charge in [0.2, 0.25) is 0 Å². The molecule has 6 heteroatoms. The molecular weight excluding hydrogens is 357 g/mol. The van der Waals surface area contributed by atoms with Crippen LogP contribution < -0.4 is 4.74 Å². The Bertz CT molecular complexity index is 776. The molecule has 1 aromatic heterocycles. The van der Waals surface area contributed by atoms with Crippen LogP contribution in [0, 0.1) is 23.6 Å². The zero-order chi connectivity index (χ0) is 19.7. The van der Waals surface area contributed by atoms with Crippen molar-refractivity contribution in [2.45, 2.75) is 51.9 Å². The molecule has 1 aliphatic carbocycles. The molecule has 2 heterocycles. The van der Waals surface area contributed by atoms with E-state index >= 15 is 0 Å². The molecule has 1 aromatic carbocycles. The van der Waals surface area contributed by atoms with Crippen LogP contribution >= 0.6 is 0 Å². The summed E-state index contributed by atoms with van der Waals surface area (Å²) in [6.45, 7) is 7.30. The minimum Gasteiger partial charge on any atom is -0.488 e. The molecule has 1 saturated carbocycles. The van der Waals surface area contributed by atoms with E-state index in [1.54, 1.807) is 12.1 Å². The lowest BCUT2D eigenvalue weighted by molar-refractivity contribution is -0.0231. The SMILES string of the molecule is CC(C)Cc1cc(CN2C[C@H]3C[C@@H](Oc4ccc(F)cc4)[C@H](O)C[C@H]3C2)[nH]n1. The van der Waals surface area contributed by atoms with E-state index < -0.39 is 6.10 Å². The summed E-state index contributed by atoms with van der Waals surface area (Å²) in [6, 6.07) is 8.21. The van der Waals surface area contributed by atoms with Crippen LogP contribution in [0.2, 0.25) is 0 Å². The number of benzene rings is 1. The highest BCUT2D eigenvalue weighted by Gasteiger charge is 2.42. The molecule has 0 radical (unpaired) electrons. The summed E-state index contributed by atoms with van der Waals surface area (Å²) in [5, 5.41) is 18.2. The number of fused-ring (bicyclic) bond motifs is 1. The molecule has 0 unspecified atom stereocenters. The molecule has 152 valence electrons.